The van der Waals surface area contributed by atoms with Crippen LogP contribution in [0.3, 0.4) is 0 Å². The summed E-state index contributed by atoms with van der Waals surface area (Å²) in [6.07, 6.45) is 11.4. The number of amides is 3. The van der Waals surface area contributed by atoms with Gasteiger partial charge in [0.1, 0.15) is 0 Å². The topological polar surface area (TPSA) is 61.4 Å². The maximum Gasteiger partial charge on any atom is 0.314 e. The Hall–Kier alpha value is -1.52. The molecule has 3 aliphatic carbocycles. The van der Waals surface area contributed by atoms with Gasteiger partial charge in [-0.1, -0.05) is 19.9 Å². The minimum absolute atomic E-state index is 0.0335. The molecule has 3 amide bonds. The molecule has 7 atom stereocenters. The Morgan fingerprint density at radius 3 is 2.66 bits per heavy atom. The van der Waals surface area contributed by atoms with E-state index in [0.29, 0.717) is 23.3 Å². The zero-order valence-electron chi connectivity index (χ0n) is 18.8. The second kappa shape index (κ2) is 7.31. The van der Waals surface area contributed by atoms with Gasteiger partial charge in [0.05, 0.1) is 0 Å². The number of rotatable bonds is 3. The Labute approximate surface area is 176 Å². The first kappa shape index (κ1) is 20.7. The molecular formula is C24H39N3O2. The van der Waals surface area contributed by atoms with E-state index in [1.54, 1.807) is 0 Å². The SMILES string of the molecule is CC(C)NC(=O)NC[C@H]1CC[C@H]2[C@@H]3CC[C@H]4N(C)C(=O)C=C[C@]4(C)[C@H]3CC[C@]12C. The normalized spacial score (nSPS) is 43.6. The van der Waals surface area contributed by atoms with Crippen molar-refractivity contribution in [3.8, 4) is 0 Å². The molecule has 0 saturated heterocycles. The van der Waals surface area contributed by atoms with Crippen molar-refractivity contribution in [3.63, 3.8) is 0 Å². The molecule has 29 heavy (non-hydrogen) atoms. The average Bonchev–Trinajstić information content (AvgIpc) is 2.99. The van der Waals surface area contributed by atoms with Gasteiger partial charge in [-0.25, -0.2) is 4.79 Å². The highest BCUT2D eigenvalue weighted by molar-refractivity contribution is 5.89. The molecule has 3 fully saturated rings. The quantitative estimate of drug-likeness (QED) is 0.752. The lowest BCUT2D eigenvalue weighted by Gasteiger charge is -2.60. The van der Waals surface area contributed by atoms with Gasteiger partial charge in [0.15, 0.2) is 0 Å². The van der Waals surface area contributed by atoms with Gasteiger partial charge in [-0.15, -0.1) is 0 Å². The Morgan fingerprint density at radius 1 is 1.17 bits per heavy atom. The fourth-order valence-corrected chi connectivity index (χ4v) is 7.71. The summed E-state index contributed by atoms with van der Waals surface area (Å²) in [7, 11) is 1.99. The minimum atomic E-state index is -0.0335. The summed E-state index contributed by atoms with van der Waals surface area (Å²) in [6, 6.07) is 0.486. The molecule has 1 aliphatic heterocycles. The third-order valence-corrected chi connectivity index (χ3v) is 9.25. The van der Waals surface area contributed by atoms with Crippen molar-refractivity contribution in [2.24, 2.45) is 34.5 Å². The number of hydrogen-bond donors (Lipinski definition) is 2. The molecule has 0 unspecified atom stereocenters. The fourth-order valence-electron chi connectivity index (χ4n) is 7.71. The van der Waals surface area contributed by atoms with Crippen LogP contribution < -0.4 is 10.6 Å². The largest absolute Gasteiger partial charge is 0.338 e. The van der Waals surface area contributed by atoms with E-state index in [9.17, 15) is 9.59 Å². The molecule has 4 aliphatic rings. The highest BCUT2D eigenvalue weighted by Crippen LogP contribution is 2.65. The van der Waals surface area contributed by atoms with E-state index < -0.39 is 0 Å². The summed E-state index contributed by atoms with van der Waals surface area (Å²) < 4.78 is 0. The highest BCUT2D eigenvalue weighted by atomic mass is 16.2. The second-order valence-electron chi connectivity index (χ2n) is 10.9. The molecule has 0 radical (unpaired) electrons. The summed E-state index contributed by atoms with van der Waals surface area (Å²) in [4.78, 5) is 26.3. The molecule has 162 valence electrons. The van der Waals surface area contributed by atoms with E-state index in [4.69, 9.17) is 0 Å². The third-order valence-electron chi connectivity index (χ3n) is 9.25. The predicted octanol–water partition coefficient (Wildman–Crippen LogP) is 3.95. The zero-order valence-corrected chi connectivity index (χ0v) is 18.8. The summed E-state index contributed by atoms with van der Waals surface area (Å²) in [5.41, 5.74) is 0.440. The molecule has 2 N–H and O–H groups in total. The van der Waals surface area contributed by atoms with Gasteiger partial charge >= 0.3 is 6.03 Å². The molecule has 5 nitrogen and oxygen atoms in total. The number of nitrogens with zero attached hydrogens (tertiary/aromatic N) is 1. The maximum absolute atomic E-state index is 12.2. The van der Waals surface area contributed by atoms with Crippen molar-refractivity contribution in [2.75, 3.05) is 13.6 Å². The van der Waals surface area contributed by atoms with Crippen LogP contribution in [0.2, 0.25) is 0 Å². The van der Waals surface area contributed by atoms with Crippen LogP contribution in [0.5, 0.6) is 0 Å². The number of urea groups is 1. The Kier molecular flexibility index (Phi) is 5.23. The van der Waals surface area contributed by atoms with Crippen molar-refractivity contribution in [1.29, 1.82) is 0 Å². The lowest BCUT2D eigenvalue weighted by molar-refractivity contribution is -0.138. The first-order valence-electron chi connectivity index (χ1n) is 11.7. The van der Waals surface area contributed by atoms with Crippen LogP contribution in [-0.2, 0) is 4.79 Å². The molecule has 5 heteroatoms. The predicted molar refractivity (Wildman–Crippen MR) is 115 cm³/mol. The van der Waals surface area contributed by atoms with Crippen LogP contribution in [0.1, 0.15) is 66.2 Å². The minimum Gasteiger partial charge on any atom is -0.338 e. The number of nitrogens with one attached hydrogen (secondary N) is 2. The van der Waals surface area contributed by atoms with E-state index >= 15 is 0 Å². The molecule has 4 rings (SSSR count). The van der Waals surface area contributed by atoms with Gasteiger partial charge in [0.25, 0.3) is 0 Å². The number of carbonyl (C=O) groups excluding carboxylic acids is 2. The Bertz CT molecular complexity index is 704. The lowest BCUT2D eigenvalue weighted by Crippen LogP contribution is -2.59. The molecule has 0 aromatic carbocycles. The first-order chi connectivity index (χ1) is 13.7. The summed E-state index contributed by atoms with van der Waals surface area (Å²) >= 11 is 0. The van der Waals surface area contributed by atoms with Crippen molar-refractivity contribution in [2.45, 2.75) is 78.3 Å². The van der Waals surface area contributed by atoms with E-state index in [-0.39, 0.29) is 23.4 Å². The van der Waals surface area contributed by atoms with Crippen LogP contribution in [0.4, 0.5) is 4.79 Å². The molecule has 0 aromatic rings. The summed E-state index contributed by atoms with van der Waals surface area (Å²) in [5, 5.41) is 6.09. The lowest BCUT2D eigenvalue weighted by atomic mass is 9.47. The summed E-state index contributed by atoms with van der Waals surface area (Å²) in [6.45, 7) is 9.68. The molecular weight excluding hydrogens is 362 g/mol. The molecule has 0 spiro atoms. The molecule has 3 saturated carbocycles. The van der Waals surface area contributed by atoms with Crippen molar-refractivity contribution in [3.05, 3.63) is 12.2 Å². The average molecular weight is 402 g/mol. The van der Waals surface area contributed by atoms with Crippen LogP contribution in [-0.4, -0.2) is 42.5 Å². The van der Waals surface area contributed by atoms with Crippen LogP contribution in [0.25, 0.3) is 0 Å². The number of carbonyl (C=O) groups is 2. The number of likely N-dealkylation sites (N-methyl/N-ethyl adjacent to an activating group) is 1. The van der Waals surface area contributed by atoms with Crippen molar-refractivity contribution >= 4 is 11.9 Å². The standard InChI is InChI=1S/C24H39N3O2/c1-15(2)26-22(29)25-14-16-6-8-18-17-7-9-20-24(4,13-11-21(28)27(20)5)19(17)10-12-23(16,18)3/h11,13,15-20H,6-10,12,14H2,1-5H3,(H2,25,26,29)/t16-,17+,18+,19+,20-,23-,24-/m1/s1. The monoisotopic (exact) mass is 401 g/mol. The summed E-state index contributed by atoms with van der Waals surface area (Å²) in [5.74, 6) is 2.90. The van der Waals surface area contributed by atoms with E-state index in [1.165, 1.54) is 32.1 Å². The number of hydrogen-bond acceptors (Lipinski definition) is 2. The van der Waals surface area contributed by atoms with Crippen molar-refractivity contribution < 1.29 is 9.59 Å². The van der Waals surface area contributed by atoms with Gasteiger partial charge in [-0.2, -0.15) is 0 Å². The van der Waals surface area contributed by atoms with Crippen LogP contribution in [0, 0.1) is 34.5 Å². The van der Waals surface area contributed by atoms with Gasteiger partial charge in [0.2, 0.25) is 5.91 Å². The van der Waals surface area contributed by atoms with E-state index in [0.717, 1.165) is 24.8 Å². The van der Waals surface area contributed by atoms with Crippen LogP contribution >= 0.6 is 0 Å². The van der Waals surface area contributed by atoms with Gasteiger partial charge in [-0.05, 0) is 87.5 Å². The zero-order chi connectivity index (χ0) is 21.0. The van der Waals surface area contributed by atoms with Crippen molar-refractivity contribution in [1.82, 2.24) is 15.5 Å². The smallest absolute Gasteiger partial charge is 0.314 e. The molecule has 0 aromatic heterocycles. The van der Waals surface area contributed by atoms with E-state index in [1.807, 2.05) is 31.9 Å². The molecule has 0 bridgehead atoms. The first-order valence-corrected chi connectivity index (χ1v) is 11.7. The van der Waals surface area contributed by atoms with Gasteiger partial charge in [0, 0.05) is 31.1 Å². The van der Waals surface area contributed by atoms with Crippen LogP contribution in [0.15, 0.2) is 12.2 Å². The molecule has 1 heterocycles. The number of fused-ring (bicyclic) bond motifs is 5. The Balaban J connectivity index is 1.49. The second-order valence-corrected chi connectivity index (χ2v) is 10.9. The fraction of sp³-hybridized carbons (Fsp3) is 0.833. The van der Waals surface area contributed by atoms with Gasteiger partial charge < -0.3 is 15.5 Å². The van der Waals surface area contributed by atoms with E-state index in [2.05, 4.69) is 30.6 Å². The maximum atomic E-state index is 12.2. The third kappa shape index (κ3) is 3.29. The Morgan fingerprint density at radius 2 is 1.93 bits per heavy atom. The van der Waals surface area contributed by atoms with Gasteiger partial charge in [-0.3, -0.25) is 4.79 Å². The highest BCUT2D eigenvalue weighted by Gasteiger charge is 2.60.